The van der Waals surface area contributed by atoms with Gasteiger partial charge in [0, 0.05) is 0 Å². The average Bonchev–Trinajstić information content (AvgIpc) is 2.29. The van der Waals surface area contributed by atoms with Crippen molar-refractivity contribution in [1.29, 1.82) is 0 Å². The lowest BCUT2D eigenvalue weighted by Gasteiger charge is -2.19. The predicted molar refractivity (Wildman–Crippen MR) is 60.4 cm³/mol. The van der Waals surface area contributed by atoms with Crippen molar-refractivity contribution in [2.75, 3.05) is 12.4 Å². The maximum absolute atomic E-state index is 12.6. The lowest BCUT2D eigenvalue weighted by atomic mass is 10.4. The highest BCUT2D eigenvalue weighted by Gasteiger charge is 2.61. The molecule has 0 aliphatic rings. The van der Waals surface area contributed by atoms with E-state index in [1.54, 1.807) is 0 Å². The summed E-state index contributed by atoms with van der Waals surface area (Å²) in [6.45, 7) is -0.596. The van der Waals surface area contributed by atoms with Crippen LogP contribution < -0.4 is 4.74 Å². The van der Waals surface area contributed by atoms with Crippen LogP contribution in [0.25, 0.3) is 0 Å². The fourth-order valence-electron chi connectivity index (χ4n) is 1.20. The number of hydrogen-bond donors (Lipinski definition) is 1. The summed E-state index contributed by atoms with van der Waals surface area (Å²) in [6, 6.07) is 1.69. The highest BCUT2D eigenvalue weighted by Crippen LogP contribution is 2.37. The van der Waals surface area contributed by atoms with Crippen LogP contribution in [0, 0.1) is 0 Å². The van der Waals surface area contributed by atoms with E-state index in [9.17, 15) is 30.4 Å². The third kappa shape index (κ3) is 5.08. The van der Waals surface area contributed by atoms with Gasteiger partial charge in [0.2, 0.25) is 0 Å². The van der Waals surface area contributed by atoms with E-state index in [0.717, 1.165) is 12.1 Å². The molecule has 0 bridgehead atoms. The van der Waals surface area contributed by atoms with Crippen molar-refractivity contribution in [1.82, 2.24) is 4.98 Å². The first kappa shape index (κ1) is 17.6. The number of nitrogens with zero attached hydrogens (tertiary/aromatic N) is 1. The van der Waals surface area contributed by atoms with Gasteiger partial charge in [-0.05, 0) is 12.1 Å². The summed E-state index contributed by atoms with van der Waals surface area (Å²) in [5.74, 6) is -1.96. The summed E-state index contributed by atoms with van der Waals surface area (Å²) >= 11 is 0. The minimum atomic E-state index is -5.88. The molecule has 0 saturated carbocycles. The third-order valence-corrected chi connectivity index (χ3v) is 3.68. The zero-order valence-corrected chi connectivity index (χ0v) is 11.1. The molecule has 0 unspecified atom stereocenters. The molecule has 0 radical (unpaired) electrons. The second kappa shape index (κ2) is 6.10. The number of alkyl halides is 5. The van der Waals surface area contributed by atoms with E-state index in [1.807, 2.05) is 0 Å². The molecular formula is C10H10F5NO4S. The van der Waals surface area contributed by atoms with Crippen LogP contribution in [0.5, 0.6) is 5.75 Å². The average molecular weight is 335 g/mol. The van der Waals surface area contributed by atoms with Crippen LogP contribution in [-0.2, 0) is 15.6 Å². The molecule has 0 atom stereocenters. The summed E-state index contributed by atoms with van der Waals surface area (Å²) in [4.78, 5) is 3.43. The van der Waals surface area contributed by atoms with Gasteiger partial charge in [-0.1, -0.05) is 0 Å². The molecule has 1 N–H and O–H groups in total. The standard InChI is InChI=1S/C10H10F5NO4S/c11-9(12,13)10(14,15)20-8-2-1-7(16-5-8)6-21(18,19)4-3-17/h1-2,5,17H,3-4,6H2. The van der Waals surface area contributed by atoms with E-state index in [-0.39, 0.29) is 5.69 Å². The number of aliphatic hydroxyl groups is 1. The smallest absolute Gasteiger partial charge is 0.424 e. The quantitative estimate of drug-likeness (QED) is 0.798. The fraction of sp³-hybridized carbons (Fsp3) is 0.500. The largest absolute Gasteiger partial charge is 0.499 e. The first-order chi connectivity index (χ1) is 9.47. The van der Waals surface area contributed by atoms with Crippen LogP contribution in [-0.4, -0.2) is 43.2 Å². The van der Waals surface area contributed by atoms with Gasteiger partial charge in [0.05, 0.1) is 30.0 Å². The highest BCUT2D eigenvalue weighted by atomic mass is 32.2. The molecule has 0 aliphatic carbocycles. The Morgan fingerprint density at radius 1 is 1.19 bits per heavy atom. The van der Waals surface area contributed by atoms with Crippen LogP contribution in [0.1, 0.15) is 5.69 Å². The van der Waals surface area contributed by atoms with Gasteiger partial charge in [0.15, 0.2) is 9.84 Å². The van der Waals surface area contributed by atoms with Crippen molar-refractivity contribution in [3.63, 3.8) is 0 Å². The molecule has 5 nitrogen and oxygen atoms in total. The van der Waals surface area contributed by atoms with Crippen LogP contribution in [0.15, 0.2) is 18.3 Å². The van der Waals surface area contributed by atoms with Crippen LogP contribution in [0.3, 0.4) is 0 Å². The minimum Gasteiger partial charge on any atom is -0.424 e. The zero-order chi connectivity index (χ0) is 16.3. The zero-order valence-electron chi connectivity index (χ0n) is 10.3. The molecule has 0 amide bonds. The number of pyridine rings is 1. The van der Waals surface area contributed by atoms with E-state index < -0.39 is 46.0 Å². The Morgan fingerprint density at radius 3 is 2.24 bits per heavy atom. The molecule has 0 spiro atoms. The van der Waals surface area contributed by atoms with Crippen molar-refractivity contribution < 1.29 is 40.2 Å². The number of aromatic nitrogens is 1. The van der Waals surface area contributed by atoms with E-state index in [0.29, 0.717) is 6.20 Å². The first-order valence-electron chi connectivity index (χ1n) is 5.36. The lowest BCUT2D eigenvalue weighted by molar-refractivity contribution is -0.360. The monoisotopic (exact) mass is 335 g/mol. The summed E-state index contributed by atoms with van der Waals surface area (Å²) in [5.41, 5.74) is -0.0777. The number of rotatable bonds is 6. The van der Waals surface area contributed by atoms with Gasteiger partial charge in [-0.15, -0.1) is 0 Å². The molecule has 0 saturated heterocycles. The van der Waals surface area contributed by atoms with Gasteiger partial charge in [0.1, 0.15) is 5.75 Å². The Morgan fingerprint density at radius 2 is 1.81 bits per heavy atom. The number of ether oxygens (including phenoxy) is 1. The summed E-state index contributed by atoms with van der Waals surface area (Å²) in [5, 5.41) is 8.52. The van der Waals surface area contributed by atoms with Gasteiger partial charge >= 0.3 is 12.3 Å². The van der Waals surface area contributed by atoms with Crippen molar-refractivity contribution in [3.05, 3.63) is 24.0 Å². The Labute approximate surface area is 116 Å². The van der Waals surface area contributed by atoms with Gasteiger partial charge in [0.25, 0.3) is 0 Å². The number of halogens is 5. The Balaban J connectivity index is 2.80. The molecule has 1 heterocycles. The maximum Gasteiger partial charge on any atom is 0.499 e. The van der Waals surface area contributed by atoms with E-state index in [4.69, 9.17) is 5.11 Å². The molecule has 11 heteroatoms. The predicted octanol–water partition coefficient (Wildman–Crippen LogP) is 1.52. The van der Waals surface area contributed by atoms with Gasteiger partial charge in [-0.3, -0.25) is 4.98 Å². The number of aliphatic hydroxyl groups excluding tert-OH is 1. The van der Waals surface area contributed by atoms with Gasteiger partial charge < -0.3 is 9.84 Å². The molecule has 0 fully saturated rings. The van der Waals surface area contributed by atoms with Crippen LogP contribution in [0.2, 0.25) is 0 Å². The SMILES string of the molecule is O=S(=O)(CCO)Cc1ccc(OC(F)(F)C(F)(F)F)cn1. The van der Waals surface area contributed by atoms with Crippen molar-refractivity contribution in [2.45, 2.75) is 18.0 Å². The topological polar surface area (TPSA) is 76.5 Å². The van der Waals surface area contributed by atoms with Gasteiger partial charge in [-0.25, -0.2) is 8.42 Å². The maximum atomic E-state index is 12.6. The molecular weight excluding hydrogens is 325 g/mol. The molecule has 0 aromatic carbocycles. The van der Waals surface area contributed by atoms with Gasteiger partial charge in [-0.2, -0.15) is 22.0 Å². The number of sulfone groups is 1. The summed E-state index contributed by atoms with van der Waals surface area (Å²) in [7, 11) is -3.64. The Hall–Kier alpha value is -1.49. The van der Waals surface area contributed by atoms with E-state index in [1.165, 1.54) is 0 Å². The Bertz CT molecular complexity index is 570. The molecule has 120 valence electrons. The second-order valence-corrected chi connectivity index (χ2v) is 6.10. The summed E-state index contributed by atoms with van der Waals surface area (Å²) in [6.07, 6.45) is -10.7. The minimum absolute atomic E-state index is 0.0777. The molecule has 1 aromatic rings. The third-order valence-electron chi connectivity index (χ3n) is 2.14. The summed E-state index contributed by atoms with van der Waals surface area (Å²) < 4.78 is 87.1. The molecule has 21 heavy (non-hydrogen) atoms. The normalized spacial score (nSPS) is 13.2. The van der Waals surface area contributed by atoms with Crippen molar-refractivity contribution >= 4 is 9.84 Å². The van der Waals surface area contributed by atoms with Crippen molar-refractivity contribution in [3.8, 4) is 5.75 Å². The molecule has 1 aromatic heterocycles. The fourth-order valence-corrected chi connectivity index (χ4v) is 2.24. The van der Waals surface area contributed by atoms with Crippen LogP contribution >= 0.6 is 0 Å². The second-order valence-electron chi connectivity index (χ2n) is 3.92. The van der Waals surface area contributed by atoms with E-state index in [2.05, 4.69) is 9.72 Å². The number of hydrogen-bond acceptors (Lipinski definition) is 5. The van der Waals surface area contributed by atoms with E-state index >= 15 is 0 Å². The Kier molecular flexibility index (Phi) is 5.10. The first-order valence-corrected chi connectivity index (χ1v) is 7.19. The van der Waals surface area contributed by atoms with Crippen molar-refractivity contribution in [2.24, 2.45) is 0 Å². The lowest BCUT2D eigenvalue weighted by Crippen LogP contribution is -2.41. The van der Waals surface area contributed by atoms with Crippen LogP contribution in [0.4, 0.5) is 22.0 Å². The molecule has 1 rings (SSSR count). The molecule has 0 aliphatic heterocycles. The highest BCUT2D eigenvalue weighted by molar-refractivity contribution is 7.90.